The summed E-state index contributed by atoms with van der Waals surface area (Å²) in [6.45, 7) is 5.44. The fraction of sp³-hybridized carbons (Fsp3) is 0.923. The van der Waals surface area contributed by atoms with Crippen LogP contribution in [0.3, 0.4) is 0 Å². The number of morpholine rings is 1. The van der Waals surface area contributed by atoms with Crippen molar-refractivity contribution in [2.45, 2.75) is 38.6 Å². The van der Waals surface area contributed by atoms with Crippen molar-refractivity contribution in [3.63, 3.8) is 0 Å². The highest BCUT2D eigenvalue weighted by atomic mass is 16.5. The molecule has 98 valence electrons. The maximum absolute atomic E-state index is 11.7. The van der Waals surface area contributed by atoms with Crippen LogP contribution in [0.25, 0.3) is 0 Å². The monoisotopic (exact) mass is 240 g/mol. The van der Waals surface area contributed by atoms with Crippen LogP contribution in [0.2, 0.25) is 0 Å². The Hall–Kier alpha value is -0.610. The molecule has 1 amide bonds. The second-order valence-corrected chi connectivity index (χ2v) is 5.52. The lowest BCUT2D eigenvalue weighted by molar-refractivity contribution is -0.122. The average molecular weight is 240 g/mol. The molecule has 2 N–H and O–H groups in total. The Labute approximate surface area is 103 Å². The highest BCUT2D eigenvalue weighted by Gasteiger charge is 2.22. The van der Waals surface area contributed by atoms with Crippen molar-refractivity contribution in [2.75, 3.05) is 26.3 Å². The Bertz CT molecular complexity index is 252. The van der Waals surface area contributed by atoms with Crippen molar-refractivity contribution >= 4 is 5.91 Å². The summed E-state index contributed by atoms with van der Waals surface area (Å²) in [5, 5.41) is 6.36. The second kappa shape index (κ2) is 6.36. The standard InChI is InChI=1S/C13H24N2O2/c1-10-2-3-11(6-10)8-15-13(16)7-12-9-17-5-4-14-12/h10-12,14H,2-9H2,1H3,(H,15,16). The van der Waals surface area contributed by atoms with E-state index < -0.39 is 0 Å². The maximum atomic E-state index is 11.7. The summed E-state index contributed by atoms with van der Waals surface area (Å²) in [4.78, 5) is 11.7. The molecule has 3 unspecified atom stereocenters. The van der Waals surface area contributed by atoms with Crippen LogP contribution in [-0.2, 0) is 9.53 Å². The van der Waals surface area contributed by atoms with Gasteiger partial charge >= 0.3 is 0 Å². The van der Waals surface area contributed by atoms with Crippen LogP contribution in [0.15, 0.2) is 0 Å². The molecule has 1 aliphatic carbocycles. The van der Waals surface area contributed by atoms with Crippen LogP contribution in [0.5, 0.6) is 0 Å². The summed E-state index contributed by atoms with van der Waals surface area (Å²) in [5.74, 6) is 1.70. The summed E-state index contributed by atoms with van der Waals surface area (Å²) in [6, 6.07) is 0.200. The van der Waals surface area contributed by atoms with Crippen LogP contribution >= 0.6 is 0 Å². The number of amides is 1. The summed E-state index contributed by atoms with van der Waals surface area (Å²) in [6.07, 6.45) is 4.40. The van der Waals surface area contributed by atoms with Gasteiger partial charge in [-0.05, 0) is 24.7 Å². The molecular weight excluding hydrogens is 216 g/mol. The third-order valence-corrected chi connectivity index (χ3v) is 3.82. The van der Waals surface area contributed by atoms with Crippen molar-refractivity contribution in [3.8, 4) is 0 Å². The van der Waals surface area contributed by atoms with Crippen molar-refractivity contribution in [3.05, 3.63) is 0 Å². The SMILES string of the molecule is CC1CCC(CNC(=O)CC2COCCN2)C1. The average Bonchev–Trinajstić information content (AvgIpc) is 2.74. The van der Waals surface area contributed by atoms with Gasteiger partial charge in [-0.25, -0.2) is 0 Å². The van der Waals surface area contributed by atoms with Gasteiger partial charge in [0, 0.05) is 25.6 Å². The fourth-order valence-corrected chi connectivity index (χ4v) is 2.82. The van der Waals surface area contributed by atoms with Gasteiger partial charge in [0.05, 0.1) is 13.2 Å². The summed E-state index contributed by atoms with van der Waals surface area (Å²) in [5.41, 5.74) is 0. The maximum Gasteiger partial charge on any atom is 0.221 e. The zero-order chi connectivity index (χ0) is 12.1. The van der Waals surface area contributed by atoms with Gasteiger partial charge in [-0.2, -0.15) is 0 Å². The highest BCUT2D eigenvalue weighted by Crippen LogP contribution is 2.29. The Morgan fingerprint density at radius 3 is 3.00 bits per heavy atom. The molecule has 0 aromatic rings. The first-order valence-electron chi connectivity index (χ1n) is 6.82. The minimum Gasteiger partial charge on any atom is -0.378 e. The number of ether oxygens (including phenoxy) is 1. The fourth-order valence-electron chi connectivity index (χ4n) is 2.82. The molecule has 17 heavy (non-hydrogen) atoms. The predicted octanol–water partition coefficient (Wildman–Crippen LogP) is 0.917. The Morgan fingerprint density at radius 2 is 2.35 bits per heavy atom. The van der Waals surface area contributed by atoms with Gasteiger partial charge in [-0.3, -0.25) is 4.79 Å². The third-order valence-electron chi connectivity index (χ3n) is 3.82. The van der Waals surface area contributed by atoms with Gasteiger partial charge in [-0.1, -0.05) is 13.3 Å². The Balaban J connectivity index is 1.60. The minimum absolute atomic E-state index is 0.160. The zero-order valence-electron chi connectivity index (χ0n) is 10.7. The molecule has 2 aliphatic rings. The topological polar surface area (TPSA) is 50.4 Å². The highest BCUT2D eigenvalue weighted by molar-refractivity contribution is 5.76. The summed E-state index contributed by atoms with van der Waals surface area (Å²) in [7, 11) is 0. The first-order valence-corrected chi connectivity index (χ1v) is 6.82. The lowest BCUT2D eigenvalue weighted by Gasteiger charge is -2.23. The molecule has 1 saturated carbocycles. The van der Waals surface area contributed by atoms with Crippen molar-refractivity contribution < 1.29 is 9.53 Å². The molecular formula is C13H24N2O2. The molecule has 1 saturated heterocycles. The van der Waals surface area contributed by atoms with Crippen LogP contribution in [0.1, 0.15) is 32.6 Å². The van der Waals surface area contributed by atoms with Crippen LogP contribution < -0.4 is 10.6 Å². The van der Waals surface area contributed by atoms with Crippen LogP contribution in [-0.4, -0.2) is 38.3 Å². The van der Waals surface area contributed by atoms with E-state index in [0.717, 1.165) is 25.6 Å². The van der Waals surface area contributed by atoms with E-state index in [1.54, 1.807) is 0 Å². The molecule has 3 atom stereocenters. The van der Waals surface area contributed by atoms with Crippen LogP contribution in [0.4, 0.5) is 0 Å². The van der Waals surface area contributed by atoms with E-state index in [1.165, 1.54) is 19.3 Å². The molecule has 0 aromatic heterocycles. The molecule has 2 fully saturated rings. The molecule has 1 aliphatic heterocycles. The van der Waals surface area contributed by atoms with E-state index in [4.69, 9.17) is 4.74 Å². The number of rotatable bonds is 4. The molecule has 0 aromatic carbocycles. The zero-order valence-corrected chi connectivity index (χ0v) is 10.7. The molecule has 2 rings (SSSR count). The van der Waals surface area contributed by atoms with E-state index in [2.05, 4.69) is 17.6 Å². The van der Waals surface area contributed by atoms with Crippen LogP contribution in [0, 0.1) is 11.8 Å². The van der Waals surface area contributed by atoms with E-state index >= 15 is 0 Å². The minimum atomic E-state index is 0.160. The predicted molar refractivity (Wildman–Crippen MR) is 66.7 cm³/mol. The molecule has 4 nitrogen and oxygen atoms in total. The van der Waals surface area contributed by atoms with E-state index in [1.807, 2.05) is 0 Å². The van der Waals surface area contributed by atoms with Gasteiger partial charge in [0.15, 0.2) is 0 Å². The summed E-state index contributed by atoms with van der Waals surface area (Å²) < 4.78 is 5.33. The number of hydrogen-bond acceptors (Lipinski definition) is 3. The van der Waals surface area contributed by atoms with Gasteiger partial charge in [0.2, 0.25) is 5.91 Å². The second-order valence-electron chi connectivity index (χ2n) is 5.52. The lowest BCUT2D eigenvalue weighted by atomic mass is 10.1. The number of carbonyl (C=O) groups is 1. The molecule has 0 bridgehead atoms. The van der Waals surface area contributed by atoms with Crippen molar-refractivity contribution in [1.29, 1.82) is 0 Å². The molecule has 0 radical (unpaired) electrons. The normalized spacial score (nSPS) is 33.6. The largest absolute Gasteiger partial charge is 0.378 e. The molecule has 4 heteroatoms. The van der Waals surface area contributed by atoms with Crippen molar-refractivity contribution in [1.82, 2.24) is 10.6 Å². The van der Waals surface area contributed by atoms with E-state index in [9.17, 15) is 4.79 Å². The Morgan fingerprint density at radius 1 is 1.47 bits per heavy atom. The first-order chi connectivity index (χ1) is 8.24. The van der Waals surface area contributed by atoms with Gasteiger partial charge in [-0.15, -0.1) is 0 Å². The van der Waals surface area contributed by atoms with Gasteiger partial charge in [0.25, 0.3) is 0 Å². The number of nitrogens with one attached hydrogen (secondary N) is 2. The van der Waals surface area contributed by atoms with Crippen molar-refractivity contribution in [2.24, 2.45) is 11.8 Å². The molecule has 0 spiro atoms. The lowest BCUT2D eigenvalue weighted by Crippen LogP contribution is -2.44. The van der Waals surface area contributed by atoms with Gasteiger partial charge < -0.3 is 15.4 Å². The first kappa shape index (κ1) is 12.8. The van der Waals surface area contributed by atoms with E-state index in [0.29, 0.717) is 18.9 Å². The van der Waals surface area contributed by atoms with Gasteiger partial charge in [0.1, 0.15) is 0 Å². The quantitative estimate of drug-likeness (QED) is 0.768. The molecule has 1 heterocycles. The number of carbonyl (C=O) groups excluding carboxylic acids is 1. The smallest absolute Gasteiger partial charge is 0.221 e. The third kappa shape index (κ3) is 4.28. The number of hydrogen-bond donors (Lipinski definition) is 2. The van der Waals surface area contributed by atoms with E-state index in [-0.39, 0.29) is 11.9 Å². The Kier molecular flexibility index (Phi) is 4.80. The summed E-state index contributed by atoms with van der Waals surface area (Å²) >= 11 is 0.